The summed E-state index contributed by atoms with van der Waals surface area (Å²) in [4.78, 5) is 24.3. The van der Waals surface area contributed by atoms with Gasteiger partial charge in [0, 0.05) is 17.6 Å². The Labute approximate surface area is 123 Å². The van der Waals surface area contributed by atoms with Crippen molar-refractivity contribution in [3.63, 3.8) is 0 Å². The smallest absolute Gasteiger partial charge is 0.410 e. The number of carbonyl (C=O) groups excluding carboxylic acids is 2. The number of hydrogen-bond donors (Lipinski definition) is 1. The molecule has 0 saturated heterocycles. The summed E-state index contributed by atoms with van der Waals surface area (Å²) in [5, 5.41) is 10.2. The number of phenols is 1. The predicted octanol–water partition coefficient (Wildman–Crippen LogP) is 3.15. The van der Waals surface area contributed by atoms with Crippen LogP contribution in [0.4, 0.5) is 4.79 Å². The first-order valence-electron chi connectivity index (χ1n) is 6.05. The van der Waals surface area contributed by atoms with Gasteiger partial charge in [-0.2, -0.15) is 0 Å². The van der Waals surface area contributed by atoms with Crippen molar-refractivity contribution in [2.24, 2.45) is 0 Å². The molecule has 1 N–H and O–H groups in total. The number of amides is 1. The van der Waals surface area contributed by atoms with Crippen LogP contribution in [0.3, 0.4) is 0 Å². The molecule has 0 aromatic heterocycles. The number of rotatable bonds is 3. The normalized spacial score (nSPS) is 12.7. The molecule has 20 heavy (non-hydrogen) atoms. The van der Waals surface area contributed by atoms with Crippen molar-refractivity contribution in [2.75, 3.05) is 7.05 Å². The highest BCUT2D eigenvalue weighted by Crippen LogP contribution is 2.30. The predicted molar refractivity (Wildman–Crippen MR) is 75.9 cm³/mol. The minimum absolute atomic E-state index is 0.148. The van der Waals surface area contributed by atoms with Gasteiger partial charge in [0.1, 0.15) is 23.7 Å². The van der Waals surface area contributed by atoms with Gasteiger partial charge >= 0.3 is 6.09 Å². The fourth-order valence-electron chi connectivity index (χ4n) is 1.59. The van der Waals surface area contributed by atoms with E-state index in [2.05, 4.69) is 0 Å². The molecule has 0 heterocycles. The van der Waals surface area contributed by atoms with E-state index < -0.39 is 17.7 Å². The van der Waals surface area contributed by atoms with Crippen LogP contribution in [0, 0.1) is 0 Å². The fourth-order valence-corrected chi connectivity index (χ4v) is 1.75. The SMILES string of the molecule is CN(C(=O)OC(C)(C)C)C(C=O)c1ccc(Cl)cc1O. The Morgan fingerprint density at radius 1 is 1.45 bits per heavy atom. The molecule has 0 aliphatic carbocycles. The number of phenolic OH excluding ortho intramolecular Hbond substituents is 1. The summed E-state index contributed by atoms with van der Waals surface area (Å²) in [5.74, 6) is -0.148. The molecule has 1 aromatic carbocycles. The standard InChI is InChI=1S/C14H18ClNO4/c1-14(2,3)20-13(19)16(4)11(8-17)10-6-5-9(15)7-12(10)18/h5-8,11,18H,1-4H3. The van der Waals surface area contributed by atoms with E-state index in [0.29, 0.717) is 11.3 Å². The van der Waals surface area contributed by atoms with Gasteiger partial charge < -0.3 is 14.6 Å². The Morgan fingerprint density at radius 2 is 2.05 bits per heavy atom. The van der Waals surface area contributed by atoms with E-state index in [1.54, 1.807) is 20.8 Å². The molecule has 110 valence electrons. The monoisotopic (exact) mass is 299 g/mol. The molecule has 1 amide bonds. The van der Waals surface area contributed by atoms with Gasteiger partial charge in [-0.05, 0) is 32.9 Å². The highest BCUT2D eigenvalue weighted by molar-refractivity contribution is 6.30. The second-order valence-electron chi connectivity index (χ2n) is 5.38. The number of likely N-dealkylation sites (N-methyl/N-ethyl adjacent to an activating group) is 1. The van der Waals surface area contributed by atoms with Gasteiger partial charge in [-0.1, -0.05) is 17.7 Å². The number of benzene rings is 1. The average Bonchev–Trinajstić information content (AvgIpc) is 2.30. The van der Waals surface area contributed by atoms with Crippen molar-refractivity contribution in [1.82, 2.24) is 4.90 Å². The summed E-state index contributed by atoms with van der Waals surface area (Å²) in [6.45, 7) is 5.19. The maximum Gasteiger partial charge on any atom is 0.410 e. The molecule has 0 saturated carbocycles. The molecule has 1 unspecified atom stereocenters. The van der Waals surface area contributed by atoms with Crippen LogP contribution in [-0.4, -0.2) is 35.0 Å². The van der Waals surface area contributed by atoms with Crippen LogP contribution < -0.4 is 0 Å². The van der Waals surface area contributed by atoms with Gasteiger partial charge in [-0.3, -0.25) is 4.90 Å². The third kappa shape index (κ3) is 4.13. The van der Waals surface area contributed by atoms with Crippen LogP contribution in [0.15, 0.2) is 18.2 Å². The van der Waals surface area contributed by atoms with E-state index in [-0.39, 0.29) is 11.3 Å². The Morgan fingerprint density at radius 3 is 2.50 bits per heavy atom. The Balaban J connectivity index is 3.01. The Hall–Kier alpha value is -1.75. The molecule has 1 rings (SSSR count). The molecule has 0 spiro atoms. The highest BCUT2D eigenvalue weighted by atomic mass is 35.5. The fraction of sp³-hybridized carbons (Fsp3) is 0.429. The zero-order chi connectivity index (χ0) is 15.5. The summed E-state index contributed by atoms with van der Waals surface area (Å²) in [6, 6.07) is 3.41. The second kappa shape index (κ2) is 6.13. The van der Waals surface area contributed by atoms with E-state index in [4.69, 9.17) is 16.3 Å². The lowest BCUT2D eigenvalue weighted by Gasteiger charge is -2.28. The van der Waals surface area contributed by atoms with Crippen molar-refractivity contribution >= 4 is 24.0 Å². The Kier molecular flexibility index (Phi) is 5.00. The topological polar surface area (TPSA) is 66.8 Å². The van der Waals surface area contributed by atoms with E-state index >= 15 is 0 Å². The Bertz CT molecular complexity index is 510. The number of halogens is 1. The number of aldehydes is 1. The minimum atomic E-state index is -0.942. The molecule has 0 aliphatic heterocycles. The number of hydrogen-bond acceptors (Lipinski definition) is 4. The first-order valence-corrected chi connectivity index (χ1v) is 6.43. The van der Waals surface area contributed by atoms with Gasteiger partial charge in [0.25, 0.3) is 0 Å². The first-order chi connectivity index (χ1) is 9.15. The molecule has 0 bridgehead atoms. The molecule has 1 atom stereocenters. The summed E-state index contributed by atoms with van der Waals surface area (Å²) < 4.78 is 5.19. The second-order valence-corrected chi connectivity index (χ2v) is 5.81. The molecule has 5 nitrogen and oxygen atoms in total. The number of nitrogens with zero attached hydrogens (tertiary/aromatic N) is 1. The molecular formula is C14H18ClNO4. The third-order valence-corrected chi connectivity index (χ3v) is 2.77. The number of carbonyl (C=O) groups is 2. The van der Waals surface area contributed by atoms with Crippen LogP contribution in [0.5, 0.6) is 5.75 Å². The van der Waals surface area contributed by atoms with Gasteiger partial charge in [-0.25, -0.2) is 4.79 Å². The van der Waals surface area contributed by atoms with Crippen LogP contribution in [0.1, 0.15) is 32.4 Å². The average molecular weight is 300 g/mol. The van der Waals surface area contributed by atoms with Crippen LogP contribution in [0.2, 0.25) is 5.02 Å². The highest BCUT2D eigenvalue weighted by Gasteiger charge is 2.27. The lowest BCUT2D eigenvalue weighted by atomic mass is 10.1. The van der Waals surface area contributed by atoms with E-state index in [1.807, 2.05) is 0 Å². The third-order valence-electron chi connectivity index (χ3n) is 2.54. The molecule has 1 aromatic rings. The summed E-state index contributed by atoms with van der Waals surface area (Å²) in [5.41, 5.74) is -0.376. The van der Waals surface area contributed by atoms with Crippen molar-refractivity contribution < 1.29 is 19.4 Å². The summed E-state index contributed by atoms with van der Waals surface area (Å²) in [6.07, 6.45) is -0.0867. The zero-order valence-corrected chi connectivity index (χ0v) is 12.6. The largest absolute Gasteiger partial charge is 0.508 e. The molecule has 0 aliphatic rings. The quantitative estimate of drug-likeness (QED) is 0.871. The van der Waals surface area contributed by atoms with Crippen LogP contribution >= 0.6 is 11.6 Å². The lowest BCUT2D eigenvalue weighted by Crippen LogP contribution is -2.37. The molecular weight excluding hydrogens is 282 g/mol. The van der Waals surface area contributed by atoms with Crippen molar-refractivity contribution in [3.05, 3.63) is 28.8 Å². The zero-order valence-electron chi connectivity index (χ0n) is 11.9. The molecule has 6 heteroatoms. The maximum absolute atomic E-state index is 11.9. The van der Waals surface area contributed by atoms with Gasteiger partial charge in [0.2, 0.25) is 0 Å². The minimum Gasteiger partial charge on any atom is -0.508 e. The van der Waals surface area contributed by atoms with Crippen LogP contribution in [-0.2, 0) is 9.53 Å². The summed E-state index contributed by atoms with van der Waals surface area (Å²) in [7, 11) is 1.43. The van der Waals surface area contributed by atoms with Crippen molar-refractivity contribution in [3.8, 4) is 5.75 Å². The molecule has 0 radical (unpaired) electrons. The van der Waals surface area contributed by atoms with Gasteiger partial charge in [0.15, 0.2) is 0 Å². The van der Waals surface area contributed by atoms with E-state index in [0.717, 1.165) is 4.90 Å². The first kappa shape index (κ1) is 16.3. The van der Waals surface area contributed by atoms with Crippen molar-refractivity contribution in [1.29, 1.82) is 0 Å². The van der Waals surface area contributed by atoms with E-state index in [9.17, 15) is 14.7 Å². The van der Waals surface area contributed by atoms with E-state index in [1.165, 1.54) is 25.2 Å². The summed E-state index contributed by atoms with van der Waals surface area (Å²) >= 11 is 5.74. The molecule has 0 fully saturated rings. The number of ether oxygens (including phenoxy) is 1. The number of aromatic hydroxyl groups is 1. The van der Waals surface area contributed by atoms with Gasteiger partial charge in [-0.15, -0.1) is 0 Å². The van der Waals surface area contributed by atoms with Crippen LogP contribution in [0.25, 0.3) is 0 Å². The van der Waals surface area contributed by atoms with Crippen molar-refractivity contribution in [2.45, 2.75) is 32.4 Å². The maximum atomic E-state index is 11.9. The van der Waals surface area contributed by atoms with Gasteiger partial charge in [0.05, 0.1) is 0 Å². The lowest BCUT2D eigenvalue weighted by molar-refractivity contribution is -0.112.